The lowest BCUT2D eigenvalue weighted by atomic mass is 10.0. The number of aryl methyl sites for hydroxylation is 1. The topological polar surface area (TPSA) is 125 Å². The van der Waals surface area contributed by atoms with Crippen LogP contribution in [0.25, 0.3) is 0 Å². The van der Waals surface area contributed by atoms with E-state index in [2.05, 4.69) is 12.1 Å². The minimum atomic E-state index is -0.890. The van der Waals surface area contributed by atoms with Gasteiger partial charge in [0.1, 0.15) is 12.1 Å². The number of unbranched alkanes of at least 4 members (excludes halogenated alkanes) is 1. The Balaban J connectivity index is 1.78. The van der Waals surface area contributed by atoms with Gasteiger partial charge in [0.05, 0.1) is 13.2 Å². The Kier molecular flexibility index (Phi) is 11.3. The summed E-state index contributed by atoms with van der Waals surface area (Å²) in [5, 5.41) is 0. The first-order valence-corrected chi connectivity index (χ1v) is 13.2. The summed E-state index contributed by atoms with van der Waals surface area (Å²) in [4.78, 5) is 40.4. The maximum absolute atomic E-state index is 13.2. The molecule has 1 aliphatic rings. The van der Waals surface area contributed by atoms with Gasteiger partial charge in [-0.05, 0) is 68.7 Å². The lowest BCUT2D eigenvalue weighted by molar-refractivity contribution is -0.163. The van der Waals surface area contributed by atoms with Gasteiger partial charge in [0, 0.05) is 6.04 Å². The van der Waals surface area contributed by atoms with E-state index in [1.54, 1.807) is 6.92 Å². The van der Waals surface area contributed by atoms with Crippen LogP contribution in [-0.4, -0.2) is 60.6 Å². The summed E-state index contributed by atoms with van der Waals surface area (Å²) in [5.41, 5.74) is 14.9. The van der Waals surface area contributed by atoms with Crippen molar-refractivity contribution in [3.05, 3.63) is 71.3 Å². The van der Waals surface area contributed by atoms with Gasteiger partial charge in [0.2, 0.25) is 0 Å². The number of carbonyl (C=O) groups excluding carboxylic acids is 3. The molecule has 0 saturated carbocycles. The fraction of sp³-hybridized carbons (Fsp3) is 0.483. The number of rotatable bonds is 14. The summed E-state index contributed by atoms with van der Waals surface area (Å²) in [7, 11) is 0. The van der Waals surface area contributed by atoms with Crippen LogP contribution >= 0.6 is 0 Å². The van der Waals surface area contributed by atoms with Crippen molar-refractivity contribution in [2.45, 2.75) is 70.0 Å². The van der Waals surface area contributed by atoms with E-state index in [9.17, 15) is 14.4 Å². The number of benzene rings is 2. The molecule has 2 aromatic carbocycles. The van der Waals surface area contributed by atoms with E-state index >= 15 is 0 Å². The number of nitrogens with zero attached hydrogens (tertiary/aromatic N) is 1. The van der Waals surface area contributed by atoms with E-state index in [4.69, 9.17) is 20.9 Å². The molecule has 0 unspecified atom stereocenters. The maximum atomic E-state index is 13.2. The highest BCUT2D eigenvalue weighted by atomic mass is 16.6. The molecule has 0 fully saturated rings. The van der Waals surface area contributed by atoms with E-state index in [-0.39, 0.29) is 25.2 Å². The SMILES string of the molecule is CCOC(=O)[C@@H](CCc1ccccc1)N(CC(=O)OC(=O)[C@@H](N)CCCCN)C1Cc2ccccc2C1. The van der Waals surface area contributed by atoms with E-state index < -0.39 is 24.0 Å². The molecule has 1 aliphatic carbocycles. The summed E-state index contributed by atoms with van der Waals surface area (Å²) in [6.07, 6.45) is 4.31. The van der Waals surface area contributed by atoms with E-state index in [0.29, 0.717) is 45.1 Å². The fourth-order valence-electron chi connectivity index (χ4n) is 4.87. The monoisotopic (exact) mass is 509 g/mol. The van der Waals surface area contributed by atoms with Crippen LogP contribution in [0.5, 0.6) is 0 Å². The van der Waals surface area contributed by atoms with Crippen LogP contribution < -0.4 is 11.5 Å². The van der Waals surface area contributed by atoms with Gasteiger partial charge in [-0.3, -0.25) is 14.5 Å². The predicted molar refractivity (Wildman–Crippen MR) is 142 cm³/mol. The van der Waals surface area contributed by atoms with Crippen molar-refractivity contribution < 1.29 is 23.9 Å². The molecule has 8 heteroatoms. The highest BCUT2D eigenvalue weighted by Gasteiger charge is 2.37. The molecule has 0 radical (unpaired) electrons. The van der Waals surface area contributed by atoms with Crippen LogP contribution in [0.15, 0.2) is 54.6 Å². The van der Waals surface area contributed by atoms with Crippen molar-refractivity contribution in [1.29, 1.82) is 0 Å². The van der Waals surface area contributed by atoms with Gasteiger partial charge in [-0.1, -0.05) is 61.0 Å². The first-order chi connectivity index (χ1) is 17.9. The zero-order chi connectivity index (χ0) is 26.6. The van der Waals surface area contributed by atoms with Crippen molar-refractivity contribution in [3.8, 4) is 0 Å². The summed E-state index contributed by atoms with van der Waals surface area (Å²) >= 11 is 0. The predicted octanol–water partition coefficient (Wildman–Crippen LogP) is 2.55. The molecule has 8 nitrogen and oxygen atoms in total. The third kappa shape index (κ3) is 8.49. The average Bonchev–Trinajstić information content (AvgIpc) is 3.33. The molecule has 0 amide bonds. The second kappa shape index (κ2) is 14.6. The van der Waals surface area contributed by atoms with Gasteiger partial charge in [0.25, 0.3) is 0 Å². The summed E-state index contributed by atoms with van der Waals surface area (Å²) < 4.78 is 10.6. The highest BCUT2D eigenvalue weighted by molar-refractivity contribution is 5.89. The van der Waals surface area contributed by atoms with Crippen LogP contribution in [0.1, 0.15) is 49.3 Å². The van der Waals surface area contributed by atoms with Crippen LogP contribution in [0.3, 0.4) is 0 Å². The van der Waals surface area contributed by atoms with Gasteiger partial charge in [-0.25, -0.2) is 4.79 Å². The molecule has 4 N–H and O–H groups in total. The molecular formula is C29H39N3O5. The molecular weight excluding hydrogens is 470 g/mol. The Morgan fingerprint density at radius 3 is 2.22 bits per heavy atom. The van der Waals surface area contributed by atoms with Crippen LogP contribution in [0.2, 0.25) is 0 Å². The molecule has 0 aromatic heterocycles. The van der Waals surface area contributed by atoms with Gasteiger partial charge in [-0.15, -0.1) is 0 Å². The second-order valence-electron chi connectivity index (χ2n) is 9.48. The minimum Gasteiger partial charge on any atom is -0.465 e. The average molecular weight is 510 g/mol. The molecule has 200 valence electrons. The zero-order valence-electron chi connectivity index (χ0n) is 21.6. The number of ether oxygens (including phenoxy) is 2. The van der Waals surface area contributed by atoms with E-state index in [1.165, 1.54) is 11.1 Å². The van der Waals surface area contributed by atoms with Gasteiger partial charge in [-0.2, -0.15) is 0 Å². The van der Waals surface area contributed by atoms with Crippen molar-refractivity contribution in [3.63, 3.8) is 0 Å². The van der Waals surface area contributed by atoms with E-state index in [1.807, 2.05) is 47.4 Å². The Morgan fingerprint density at radius 1 is 0.946 bits per heavy atom. The first-order valence-electron chi connectivity index (χ1n) is 13.2. The zero-order valence-corrected chi connectivity index (χ0v) is 21.6. The second-order valence-corrected chi connectivity index (χ2v) is 9.48. The summed E-state index contributed by atoms with van der Waals surface area (Å²) in [5.74, 6) is -1.86. The largest absolute Gasteiger partial charge is 0.465 e. The number of esters is 3. The Labute approximate surface area is 219 Å². The smallest absolute Gasteiger partial charge is 0.330 e. The molecule has 0 bridgehead atoms. The molecule has 2 atom stereocenters. The lowest BCUT2D eigenvalue weighted by Crippen LogP contribution is -2.51. The first kappa shape index (κ1) is 28.5. The summed E-state index contributed by atoms with van der Waals surface area (Å²) in [6, 6.07) is 16.3. The third-order valence-corrected chi connectivity index (χ3v) is 6.80. The Bertz CT molecular complexity index is 1000. The maximum Gasteiger partial charge on any atom is 0.330 e. The number of carbonyl (C=O) groups is 3. The lowest BCUT2D eigenvalue weighted by Gasteiger charge is -2.34. The fourth-order valence-corrected chi connectivity index (χ4v) is 4.87. The van der Waals surface area contributed by atoms with Crippen molar-refractivity contribution in [2.75, 3.05) is 19.7 Å². The van der Waals surface area contributed by atoms with Gasteiger partial charge >= 0.3 is 17.9 Å². The van der Waals surface area contributed by atoms with Crippen molar-refractivity contribution in [1.82, 2.24) is 4.90 Å². The minimum absolute atomic E-state index is 0.108. The van der Waals surface area contributed by atoms with Crippen LogP contribution in [0.4, 0.5) is 0 Å². The molecule has 0 saturated heterocycles. The van der Waals surface area contributed by atoms with Crippen molar-refractivity contribution >= 4 is 17.9 Å². The molecule has 3 rings (SSSR count). The Hall–Kier alpha value is -3.07. The molecule has 2 aromatic rings. The van der Waals surface area contributed by atoms with Gasteiger partial charge < -0.3 is 20.9 Å². The Morgan fingerprint density at radius 2 is 1.59 bits per heavy atom. The number of hydrogen-bond acceptors (Lipinski definition) is 8. The molecule has 37 heavy (non-hydrogen) atoms. The summed E-state index contributed by atoms with van der Waals surface area (Å²) in [6.45, 7) is 2.30. The quantitative estimate of drug-likeness (QED) is 0.226. The normalized spacial score (nSPS) is 14.7. The molecule has 0 heterocycles. The van der Waals surface area contributed by atoms with E-state index in [0.717, 1.165) is 12.0 Å². The third-order valence-electron chi connectivity index (χ3n) is 6.80. The standard InChI is InChI=1S/C29H39N3O5/c1-2-36-29(35)26(16-15-21-10-4-3-5-11-21)32(24-18-22-12-6-7-13-23(22)19-24)20-27(33)37-28(34)25(31)14-8-9-17-30/h3-7,10-13,24-26H,2,8-9,14-20,30-31H2,1H3/t25-,26+/m0/s1. The van der Waals surface area contributed by atoms with Crippen LogP contribution in [0, 0.1) is 0 Å². The molecule has 0 spiro atoms. The van der Waals surface area contributed by atoms with Gasteiger partial charge in [0.15, 0.2) is 0 Å². The van der Waals surface area contributed by atoms with Crippen molar-refractivity contribution in [2.24, 2.45) is 11.5 Å². The number of nitrogens with two attached hydrogens (primary N) is 2. The highest BCUT2D eigenvalue weighted by Crippen LogP contribution is 2.28. The number of fused-ring (bicyclic) bond motifs is 1. The molecule has 0 aliphatic heterocycles. The number of hydrogen-bond donors (Lipinski definition) is 2. The van der Waals surface area contributed by atoms with Crippen LogP contribution in [-0.2, 0) is 43.1 Å².